The summed E-state index contributed by atoms with van der Waals surface area (Å²) in [4.78, 5) is 24.2. The van der Waals surface area contributed by atoms with Gasteiger partial charge in [-0.2, -0.15) is 4.98 Å². The normalized spacial score (nSPS) is 17.1. The van der Waals surface area contributed by atoms with E-state index in [-0.39, 0.29) is 11.8 Å². The van der Waals surface area contributed by atoms with E-state index in [1.165, 1.54) is 0 Å². The van der Waals surface area contributed by atoms with Crippen LogP contribution in [0.4, 0.5) is 11.5 Å². The van der Waals surface area contributed by atoms with E-state index in [1.54, 1.807) is 0 Å². The molecule has 2 aromatic heterocycles. The van der Waals surface area contributed by atoms with Crippen LogP contribution in [0.2, 0.25) is 0 Å². The van der Waals surface area contributed by atoms with E-state index < -0.39 is 0 Å². The van der Waals surface area contributed by atoms with Gasteiger partial charge in [0.1, 0.15) is 17.4 Å². The number of amides is 1. The molecule has 1 aliphatic rings. The first-order valence-electron chi connectivity index (χ1n) is 9.79. The third kappa shape index (κ3) is 3.46. The summed E-state index contributed by atoms with van der Waals surface area (Å²) in [6, 6.07) is 7.91. The van der Waals surface area contributed by atoms with E-state index in [2.05, 4.69) is 15.2 Å². The minimum Gasteiger partial charge on any atom is -0.443 e. The minimum atomic E-state index is -0.0760. The van der Waals surface area contributed by atoms with Crippen LogP contribution < -0.4 is 10.2 Å². The molecule has 0 bridgehead atoms. The van der Waals surface area contributed by atoms with Crippen molar-refractivity contribution in [1.82, 2.24) is 9.97 Å². The molecular formula is C22H26N4O2. The molecule has 0 saturated carbocycles. The molecule has 0 aliphatic carbocycles. The van der Waals surface area contributed by atoms with Gasteiger partial charge in [-0.05, 0) is 58.2 Å². The molecule has 146 valence electrons. The summed E-state index contributed by atoms with van der Waals surface area (Å²) in [5.41, 5.74) is 3.68. The molecule has 6 heteroatoms. The van der Waals surface area contributed by atoms with Crippen LogP contribution in [0.5, 0.6) is 0 Å². The van der Waals surface area contributed by atoms with Crippen LogP contribution in [-0.2, 0) is 4.79 Å². The second-order valence-corrected chi connectivity index (χ2v) is 7.70. The fraction of sp³-hybridized carbons (Fsp3) is 0.409. The number of benzene rings is 1. The lowest BCUT2D eigenvalue weighted by Crippen LogP contribution is -2.41. The Hall–Kier alpha value is -2.89. The van der Waals surface area contributed by atoms with Gasteiger partial charge in [-0.15, -0.1) is 0 Å². The summed E-state index contributed by atoms with van der Waals surface area (Å²) >= 11 is 0. The van der Waals surface area contributed by atoms with Crippen LogP contribution in [0, 0.1) is 33.6 Å². The first-order chi connectivity index (χ1) is 13.4. The predicted molar refractivity (Wildman–Crippen MR) is 111 cm³/mol. The van der Waals surface area contributed by atoms with Crippen LogP contribution in [0.25, 0.3) is 11.1 Å². The lowest BCUT2D eigenvalue weighted by Gasteiger charge is -2.33. The lowest BCUT2D eigenvalue weighted by molar-refractivity contribution is -0.120. The molecule has 0 radical (unpaired) electrons. The van der Waals surface area contributed by atoms with Crippen molar-refractivity contribution in [2.75, 3.05) is 23.3 Å². The molecule has 1 aliphatic heterocycles. The number of carbonyl (C=O) groups excluding carboxylic acids is 1. The van der Waals surface area contributed by atoms with E-state index in [0.29, 0.717) is 18.1 Å². The maximum absolute atomic E-state index is 12.9. The van der Waals surface area contributed by atoms with Gasteiger partial charge in [0.2, 0.25) is 11.6 Å². The summed E-state index contributed by atoms with van der Waals surface area (Å²) in [5, 5.41) is 4.03. The number of aryl methyl sites for hydroxylation is 4. The van der Waals surface area contributed by atoms with Gasteiger partial charge in [0.25, 0.3) is 0 Å². The van der Waals surface area contributed by atoms with Crippen molar-refractivity contribution in [3.8, 4) is 0 Å². The van der Waals surface area contributed by atoms with Gasteiger partial charge in [0.05, 0.1) is 11.3 Å². The molecule has 28 heavy (non-hydrogen) atoms. The number of furan rings is 1. The minimum absolute atomic E-state index is 0.0671. The highest BCUT2D eigenvalue weighted by atomic mass is 16.3. The molecule has 0 unspecified atom stereocenters. The first kappa shape index (κ1) is 18.5. The Balaban J connectivity index is 1.59. The topological polar surface area (TPSA) is 71.3 Å². The third-order valence-electron chi connectivity index (χ3n) is 5.50. The Morgan fingerprint density at radius 1 is 1.21 bits per heavy atom. The van der Waals surface area contributed by atoms with Gasteiger partial charge >= 0.3 is 0 Å². The van der Waals surface area contributed by atoms with Gasteiger partial charge < -0.3 is 14.6 Å². The number of piperidine rings is 1. The Bertz CT molecular complexity index is 1040. The standard InChI is InChI=1S/C22H26N4O2/c1-13-7-5-9-18(11-13)25-21(27)17-8-6-10-26(12-17)20-19-14(2)15(3)28-22(19)24-16(4)23-20/h5,7,9,11,17H,6,8,10,12H2,1-4H3,(H,25,27)/t17-/m1/s1. The fourth-order valence-corrected chi connectivity index (χ4v) is 3.91. The van der Waals surface area contributed by atoms with Crippen molar-refractivity contribution >= 4 is 28.5 Å². The number of hydrogen-bond acceptors (Lipinski definition) is 5. The summed E-state index contributed by atoms with van der Waals surface area (Å²) in [7, 11) is 0. The average Bonchev–Trinajstić information content (AvgIpc) is 2.95. The van der Waals surface area contributed by atoms with E-state index in [0.717, 1.165) is 53.2 Å². The molecule has 6 nitrogen and oxygen atoms in total. The molecular weight excluding hydrogens is 352 g/mol. The monoisotopic (exact) mass is 378 g/mol. The van der Waals surface area contributed by atoms with Crippen molar-refractivity contribution in [3.63, 3.8) is 0 Å². The smallest absolute Gasteiger partial charge is 0.231 e. The average molecular weight is 378 g/mol. The summed E-state index contributed by atoms with van der Waals surface area (Å²) in [6.07, 6.45) is 1.83. The quantitative estimate of drug-likeness (QED) is 0.735. The van der Waals surface area contributed by atoms with Gasteiger partial charge in [-0.25, -0.2) is 4.98 Å². The van der Waals surface area contributed by atoms with Crippen molar-refractivity contribution in [1.29, 1.82) is 0 Å². The SMILES string of the molecule is Cc1cccc(NC(=O)[C@@H]2CCCN(c3nc(C)nc4oc(C)c(C)c34)C2)c1. The Kier molecular flexibility index (Phi) is 4.79. The van der Waals surface area contributed by atoms with Crippen molar-refractivity contribution in [3.05, 3.63) is 47.0 Å². The maximum atomic E-state index is 12.9. The summed E-state index contributed by atoms with van der Waals surface area (Å²) in [6.45, 7) is 9.41. The van der Waals surface area contributed by atoms with E-state index >= 15 is 0 Å². The molecule has 3 aromatic rings. The molecule has 1 saturated heterocycles. The van der Waals surface area contributed by atoms with Gasteiger partial charge in [0.15, 0.2) is 0 Å². The zero-order chi connectivity index (χ0) is 19.8. The van der Waals surface area contributed by atoms with E-state index in [4.69, 9.17) is 9.40 Å². The Morgan fingerprint density at radius 3 is 2.82 bits per heavy atom. The number of fused-ring (bicyclic) bond motifs is 1. The molecule has 1 amide bonds. The molecule has 0 spiro atoms. The Morgan fingerprint density at radius 2 is 2.04 bits per heavy atom. The van der Waals surface area contributed by atoms with Gasteiger partial charge in [0, 0.05) is 24.3 Å². The summed E-state index contributed by atoms with van der Waals surface area (Å²) < 4.78 is 5.82. The number of aromatic nitrogens is 2. The highest BCUT2D eigenvalue weighted by Gasteiger charge is 2.29. The van der Waals surface area contributed by atoms with Crippen LogP contribution in [0.3, 0.4) is 0 Å². The number of hydrogen-bond donors (Lipinski definition) is 1. The van der Waals surface area contributed by atoms with Crippen LogP contribution in [-0.4, -0.2) is 29.0 Å². The van der Waals surface area contributed by atoms with Crippen LogP contribution >= 0.6 is 0 Å². The van der Waals surface area contributed by atoms with Crippen molar-refractivity contribution in [2.45, 2.75) is 40.5 Å². The van der Waals surface area contributed by atoms with Crippen LogP contribution in [0.1, 0.15) is 35.6 Å². The van der Waals surface area contributed by atoms with E-state index in [9.17, 15) is 4.79 Å². The first-order valence-corrected chi connectivity index (χ1v) is 9.79. The highest BCUT2D eigenvalue weighted by Crippen LogP contribution is 2.33. The van der Waals surface area contributed by atoms with Gasteiger partial charge in [-0.3, -0.25) is 4.79 Å². The second-order valence-electron chi connectivity index (χ2n) is 7.70. The third-order valence-corrected chi connectivity index (χ3v) is 5.50. The largest absolute Gasteiger partial charge is 0.443 e. The highest BCUT2D eigenvalue weighted by molar-refractivity contribution is 5.94. The molecule has 1 fully saturated rings. The molecule has 3 heterocycles. The maximum Gasteiger partial charge on any atom is 0.231 e. The predicted octanol–water partition coefficient (Wildman–Crippen LogP) is 4.31. The Labute approximate surface area is 165 Å². The molecule has 1 atom stereocenters. The van der Waals surface area contributed by atoms with E-state index in [1.807, 2.05) is 52.0 Å². The zero-order valence-corrected chi connectivity index (χ0v) is 16.9. The second kappa shape index (κ2) is 7.26. The summed E-state index contributed by atoms with van der Waals surface area (Å²) in [5.74, 6) is 2.42. The fourth-order valence-electron chi connectivity index (χ4n) is 3.91. The molecule has 1 N–H and O–H groups in total. The van der Waals surface area contributed by atoms with Crippen molar-refractivity contribution < 1.29 is 9.21 Å². The number of carbonyl (C=O) groups is 1. The number of rotatable bonds is 3. The van der Waals surface area contributed by atoms with Crippen molar-refractivity contribution in [2.24, 2.45) is 5.92 Å². The number of nitrogens with zero attached hydrogens (tertiary/aromatic N) is 3. The number of nitrogens with one attached hydrogen (secondary N) is 1. The zero-order valence-electron chi connectivity index (χ0n) is 16.9. The molecule has 4 rings (SSSR count). The van der Waals surface area contributed by atoms with Crippen LogP contribution in [0.15, 0.2) is 28.7 Å². The number of anilines is 2. The van der Waals surface area contributed by atoms with Gasteiger partial charge in [-0.1, -0.05) is 12.1 Å². The molecule has 1 aromatic carbocycles. The lowest BCUT2D eigenvalue weighted by atomic mass is 9.96.